The Morgan fingerprint density at radius 3 is 2.75 bits per heavy atom. The topological polar surface area (TPSA) is 66.4 Å². The van der Waals surface area contributed by atoms with Crippen LogP contribution >= 0.6 is 23.2 Å². The van der Waals surface area contributed by atoms with E-state index in [9.17, 15) is 9.59 Å². The third-order valence-corrected chi connectivity index (χ3v) is 2.84. The fourth-order valence-electron chi connectivity index (χ4n) is 1.31. The highest BCUT2D eigenvalue weighted by Crippen LogP contribution is 2.31. The van der Waals surface area contributed by atoms with Gasteiger partial charge in [-0.15, -0.1) is 0 Å². The van der Waals surface area contributed by atoms with Crippen molar-refractivity contribution in [2.75, 3.05) is 0 Å². The van der Waals surface area contributed by atoms with E-state index in [4.69, 9.17) is 28.3 Å². The Morgan fingerprint density at radius 2 is 2.19 bits per heavy atom. The summed E-state index contributed by atoms with van der Waals surface area (Å²) in [4.78, 5) is 21.0. The molecule has 86 valence electrons. The molecule has 1 atom stereocenters. The summed E-state index contributed by atoms with van der Waals surface area (Å²) in [6, 6.07) is 4.18. The van der Waals surface area contributed by atoms with Gasteiger partial charge in [0.1, 0.15) is 0 Å². The number of carboxylic acids is 1. The summed E-state index contributed by atoms with van der Waals surface area (Å²) in [5.41, 5.74) is 0.490. The highest BCUT2D eigenvalue weighted by Gasteiger charge is 2.18. The Balaban J connectivity index is 3.04. The summed E-state index contributed by atoms with van der Waals surface area (Å²) in [7, 11) is 0. The van der Waals surface area contributed by atoms with E-state index in [1.807, 2.05) is 0 Å². The fourth-order valence-corrected chi connectivity index (χ4v) is 1.74. The maximum Gasteiger partial charge on any atom is 0.305 e. The number of carbonyl (C=O) groups excluding carboxylic acids is 1. The molecule has 0 radical (unpaired) electrons. The first kappa shape index (κ1) is 12.8. The van der Waals surface area contributed by atoms with Crippen molar-refractivity contribution in [2.24, 2.45) is 0 Å². The highest BCUT2D eigenvalue weighted by molar-refractivity contribution is 6.42. The second-order valence-electron chi connectivity index (χ2n) is 3.08. The van der Waals surface area contributed by atoms with Crippen molar-refractivity contribution in [3.05, 3.63) is 33.8 Å². The second kappa shape index (κ2) is 5.72. The largest absolute Gasteiger partial charge is 0.481 e. The van der Waals surface area contributed by atoms with Crippen LogP contribution in [0.25, 0.3) is 0 Å². The lowest BCUT2D eigenvalue weighted by Gasteiger charge is -2.16. The van der Waals surface area contributed by atoms with E-state index >= 15 is 0 Å². The van der Waals surface area contributed by atoms with Crippen molar-refractivity contribution in [3.8, 4) is 0 Å². The molecule has 0 spiro atoms. The van der Waals surface area contributed by atoms with Crippen LogP contribution in [0, 0.1) is 0 Å². The van der Waals surface area contributed by atoms with Crippen molar-refractivity contribution >= 4 is 35.6 Å². The van der Waals surface area contributed by atoms with Crippen LogP contribution in [-0.4, -0.2) is 17.5 Å². The van der Waals surface area contributed by atoms with Gasteiger partial charge in [0.15, 0.2) is 0 Å². The molecule has 1 aromatic carbocycles. The van der Waals surface area contributed by atoms with Gasteiger partial charge in [-0.3, -0.25) is 9.59 Å². The minimum Gasteiger partial charge on any atom is -0.481 e. The maximum atomic E-state index is 10.6. The van der Waals surface area contributed by atoms with Crippen molar-refractivity contribution in [3.63, 3.8) is 0 Å². The fraction of sp³-hybridized carbons (Fsp3) is 0.200. The Morgan fingerprint density at radius 1 is 1.50 bits per heavy atom. The average Bonchev–Trinajstić information content (AvgIpc) is 2.21. The number of nitrogens with one attached hydrogen (secondary N) is 1. The van der Waals surface area contributed by atoms with Crippen LogP contribution in [0.15, 0.2) is 18.2 Å². The van der Waals surface area contributed by atoms with E-state index in [2.05, 4.69) is 5.32 Å². The molecule has 1 amide bonds. The lowest BCUT2D eigenvalue weighted by atomic mass is 10.0. The average molecular weight is 262 g/mol. The number of halogens is 2. The van der Waals surface area contributed by atoms with Crippen LogP contribution < -0.4 is 5.32 Å². The van der Waals surface area contributed by atoms with Crippen molar-refractivity contribution < 1.29 is 14.7 Å². The molecule has 4 nitrogen and oxygen atoms in total. The Bertz CT molecular complexity index is 409. The van der Waals surface area contributed by atoms with E-state index in [0.29, 0.717) is 17.0 Å². The van der Waals surface area contributed by atoms with Gasteiger partial charge in [0.25, 0.3) is 0 Å². The molecule has 0 saturated carbocycles. The lowest BCUT2D eigenvalue weighted by molar-refractivity contribution is -0.137. The number of aliphatic carboxylic acids is 1. The molecule has 0 bridgehead atoms. The number of benzene rings is 1. The number of rotatable bonds is 5. The van der Waals surface area contributed by atoms with E-state index in [0.717, 1.165) is 0 Å². The van der Waals surface area contributed by atoms with Gasteiger partial charge in [-0.25, -0.2) is 0 Å². The molecule has 0 heterocycles. The molecule has 0 aliphatic rings. The third kappa shape index (κ3) is 3.12. The van der Waals surface area contributed by atoms with Crippen LogP contribution in [0.5, 0.6) is 0 Å². The minimum absolute atomic E-state index is 0.251. The van der Waals surface area contributed by atoms with Crippen LogP contribution in [0.2, 0.25) is 10.0 Å². The summed E-state index contributed by atoms with van der Waals surface area (Å²) in [6.45, 7) is 0. The summed E-state index contributed by atoms with van der Waals surface area (Å²) in [5, 5.41) is 11.7. The number of hydrogen-bond acceptors (Lipinski definition) is 2. The molecule has 0 unspecified atom stereocenters. The van der Waals surface area contributed by atoms with Crippen LogP contribution in [0.3, 0.4) is 0 Å². The Kier molecular flexibility index (Phi) is 4.58. The van der Waals surface area contributed by atoms with Crippen molar-refractivity contribution in [2.45, 2.75) is 12.5 Å². The standard InChI is InChI=1S/C10H9Cl2NO3/c11-7-3-1-2-6(10(7)12)8(13-5-14)4-9(15)16/h1-3,5,8H,4H2,(H,13,14)(H,15,16)/t8-/m0/s1. The van der Waals surface area contributed by atoms with Crippen LogP contribution in [-0.2, 0) is 9.59 Å². The first-order valence-electron chi connectivity index (χ1n) is 4.41. The van der Waals surface area contributed by atoms with E-state index in [1.54, 1.807) is 18.2 Å². The minimum atomic E-state index is -1.03. The smallest absolute Gasteiger partial charge is 0.305 e. The first-order chi connectivity index (χ1) is 7.56. The maximum absolute atomic E-state index is 10.6. The van der Waals surface area contributed by atoms with Gasteiger partial charge < -0.3 is 10.4 Å². The number of hydrogen-bond donors (Lipinski definition) is 2. The molecule has 0 aliphatic heterocycles. The molecule has 1 aromatic rings. The number of amides is 1. The van der Waals surface area contributed by atoms with E-state index in [1.165, 1.54) is 0 Å². The monoisotopic (exact) mass is 261 g/mol. The van der Waals surface area contributed by atoms with Crippen LogP contribution in [0.4, 0.5) is 0 Å². The molecular weight excluding hydrogens is 253 g/mol. The molecule has 2 N–H and O–H groups in total. The molecule has 0 aromatic heterocycles. The SMILES string of the molecule is O=CN[C@@H](CC(=O)O)c1cccc(Cl)c1Cl. The van der Waals surface area contributed by atoms with Gasteiger partial charge >= 0.3 is 5.97 Å². The van der Waals surface area contributed by atoms with Gasteiger partial charge in [-0.2, -0.15) is 0 Å². The van der Waals surface area contributed by atoms with Gasteiger partial charge in [0, 0.05) is 0 Å². The van der Waals surface area contributed by atoms with Gasteiger partial charge in [0.05, 0.1) is 22.5 Å². The third-order valence-electron chi connectivity index (χ3n) is 2.00. The number of carbonyl (C=O) groups is 2. The van der Waals surface area contributed by atoms with Gasteiger partial charge in [0.2, 0.25) is 6.41 Å². The predicted octanol–water partition coefficient (Wildman–Crippen LogP) is 2.26. The molecule has 1 rings (SSSR count). The summed E-state index contributed by atoms with van der Waals surface area (Å²) in [5.74, 6) is -1.03. The van der Waals surface area contributed by atoms with Crippen LogP contribution in [0.1, 0.15) is 18.0 Å². The van der Waals surface area contributed by atoms with E-state index < -0.39 is 12.0 Å². The molecule has 16 heavy (non-hydrogen) atoms. The van der Waals surface area contributed by atoms with E-state index in [-0.39, 0.29) is 11.4 Å². The summed E-state index contributed by atoms with van der Waals surface area (Å²) < 4.78 is 0. The molecule has 0 aliphatic carbocycles. The molecule has 0 saturated heterocycles. The van der Waals surface area contributed by atoms with Gasteiger partial charge in [-0.05, 0) is 11.6 Å². The second-order valence-corrected chi connectivity index (χ2v) is 3.86. The van der Waals surface area contributed by atoms with Crippen molar-refractivity contribution in [1.29, 1.82) is 0 Å². The first-order valence-corrected chi connectivity index (χ1v) is 5.17. The number of carboxylic acid groups (broad SMARTS) is 1. The normalized spacial score (nSPS) is 11.9. The summed E-state index contributed by atoms with van der Waals surface area (Å²) in [6.07, 6.45) is 0.184. The Hall–Kier alpha value is -1.26. The highest BCUT2D eigenvalue weighted by atomic mass is 35.5. The lowest BCUT2D eigenvalue weighted by Crippen LogP contribution is -2.22. The van der Waals surface area contributed by atoms with Crippen molar-refractivity contribution in [1.82, 2.24) is 5.32 Å². The molecular formula is C10H9Cl2NO3. The quantitative estimate of drug-likeness (QED) is 0.800. The molecule has 0 fully saturated rings. The zero-order chi connectivity index (χ0) is 12.1. The molecule has 6 heteroatoms. The summed E-state index contributed by atoms with van der Waals surface area (Å²) >= 11 is 11.7. The Labute approximate surface area is 102 Å². The predicted molar refractivity (Wildman–Crippen MR) is 60.7 cm³/mol. The zero-order valence-electron chi connectivity index (χ0n) is 8.11. The van der Waals surface area contributed by atoms with Gasteiger partial charge in [-0.1, -0.05) is 35.3 Å². The zero-order valence-corrected chi connectivity index (χ0v) is 9.63.